The molecule has 0 bridgehead atoms. The molecule has 22 heavy (non-hydrogen) atoms. The molecule has 0 aliphatic carbocycles. The highest BCUT2D eigenvalue weighted by molar-refractivity contribution is 7.89. The van der Waals surface area contributed by atoms with E-state index in [0.29, 0.717) is 25.0 Å². The number of rotatable bonds is 6. The molecule has 2 heterocycles. The van der Waals surface area contributed by atoms with Gasteiger partial charge in [0.2, 0.25) is 10.0 Å². The van der Waals surface area contributed by atoms with Crippen molar-refractivity contribution in [2.24, 2.45) is 5.92 Å². The van der Waals surface area contributed by atoms with Crippen molar-refractivity contribution in [2.75, 3.05) is 13.1 Å². The molecule has 0 spiro atoms. The van der Waals surface area contributed by atoms with Gasteiger partial charge in [0.15, 0.2) is 0 Å². The van der Waals surface area contributed by atoms with Crippen molar-refractivity contribution in [1.82, 2.24) is 19.2 Å². The molecular formula is C15H28N4O2S. The summed E-state index contributed by atoms with van der Waals surface area (Å²) < 4.78 is 28.3. The number of nitrogens with one attached hydrogen (secondary N) is 1. The minimum atomic E-state index is -3.14. The highest BCUT2D eigenvalue weighted by atomic mass is 32.2. The fourth-order valence-electron chi connectivity index (χ4n) is 2.96. The average molecular weight is 328 g/mol. The van der Waals surface area contributed by atoms with Crippen LogP contribution in [-0.4, -0.2) is 46.7 Å². The monoisotopic (exact) mass is 328 g/mol. The van der Waals surface area contributed by atoms with Gasteiger partial charge in [-0.05, 0) is 33.1 Å². The first-order chi connectivity index (χ1) is 10.4. The Bertz CT molecular complexity index is 582. The molecule has 1 aliphatic rings. The molecule has 0 aromatic carbocycles. The fourth-order valence-corrected chi connectivity index (χ4v) is 4.36. The Morgan fingerprint density at radius 2 is 2.18 bits per heavy atom. The van der Waals surface area contributed by atoms with Gasteiger partial charge in [-0.3, -0.25) is 0 Å². The van der Waals surface area contributed by atoms with E-state index in [2.05, 4.69) is 28.7 Å². The molecule has 1 fully saturated rings. The molecule has 6 nitrogen and oxygen atoms in total. The van der Waals surface area contributed by atoms with E-state index in [1.807, 2.05) is 12.4 Å². The minimum Gasteiger partial charge on any atom is -0.334 e. The van der Waals surface area contributed by atoms with Crippen LogP contribution in [0.4, 0.5) is 0 Å². The second-order valence-electron chi connectivity index (χ2n) is 6.33. The second-order valence-corrected chi connectivity index (χ2v) is 8.82. The van der Waals surface area contributed by atoms with Crippen LogP contribution >= 0.6 is 0 Å². The molecule has 2 atom stereocenters. The predicted octanol–water partition coefficient (Wildman–Crippen LogP) is 1.44. The first kappa shape index (κ1) is 17.4. The molecule has 1 aromatic heterocycles. The number of piperidine rings is 1. The number of sulfonamides is 1. The quantitative estimate of drug-likeness (QED) is 0.858. The summed E-state index contributed by atoms with van der Waals surface area (Å²) in [5.41, 5.74) is 0. The van der Waals surface area contributed by atoms with Crippen LogP contribution in [0.1, 0.15) is 39.9 Å². The number of imidazole rings is 1. The van der Waals surface area contributed by atoms with E-state index < -0.39 is 10.0 Å². The summed E-state index contributed by atoms with van der Waals surface area (Å²) in [5.74, 6) is 1.33. The molecule has 0 amide bonds. The van der Waals surface area contributed by atoms with Crippen molar-refractivity contribution in [2.45, 2.75) is 58.5 Å². The van der Waals surface area contributed by atoms with E-state index in [1.165, 1.54) is 0 Å². The van der Waals surface area contributed by atoms with Crippen molar-refractivity contribution < 1.29 is 8.42 Å². The van der Waals surface area contributed by atoms with E-state index >= 15 is 0 Å². The van der Waals surface area contributed by atoms with Crippen molar-refractivity contribution in [3.05, 3.63) is 18.2 Å². The van der Waals surface area contributed by atoms with Gasteiger partial charge in [0.1, 0.15) is 5.82 Å². The first-order valence-corrected chi connectivity index (χ1v) is 9.59. The van der Waals surface area contributed by atoms with Gasteiger partial charge in [-0.1, -0.05) is 6.92 Å². The minimum absolute atomic E-state index is 0.298. The Morgan fingerprint density at radius 1 is 1.45 bits per heavy atom. The Labute approximate surface area is 134 Å². The lowest BCUT2D eigenvalue weighted by atomic mass is 9.95. The average Bonchev–Trinajstić information content (AvgIpc) is 2.93. The zero-order valence-electron chi connectivity index (χ0n) is 14.0. The lowest BCUT2D eigenvalue weighted by Gasteiger charge is -2.37. The van der Waals surface area contributed by atoms with Gasteiger partial charge in [0, 0.05) is 38.1 Å². The van der Waals surface area contributed by atoms with Crippen LogP contribution in [0.2, 0.25) is 0 Å². The van der Waals surface area contributed by atoms with E-state index in [-0.39, 0.29) is 5.25 Å². The highest BCUT2D eigenvalue weighted by Gasteiger charge is 2.33. The molecule has 0 saturated carbocycles. The van der Waals surface area contributed by atoms with Crippen LogP contribution in [0.3, 0.4) is 0 Å². The van der Waals surface area contributed by atoms with Gasteiger partial charge in [-0.2, -0.15) is 0 Å². The molecule has 0 radical (unpaired) electrons. The van der Waals surface area contributed by atoms with Gasteiger partial charge in [0.05, 0.1) is 11.8 Å². The maximum Gasteiger partial charge on any atom is 0.216 e. The molecule has 1 N–H and O–H groups in total. The zero-order valence-corrected chi connectivity index (χ0v) is 14.8. The summed E-state index contributed by atoms with van der Waals surface area (Å²) in [4.78, 5) is 4.37. The number of aryl methyl sites for hydroxylation is 1. The Morgan fingerprint density at radius 3 is 2.77 bits per heavy atom. The summed E-state index contributed by atoms with van der Waals surface area (Å²) >= 11 is 0. The maximum absolute atomic E-state index is 12.3. The molecule has 0 unspecified atom stereocenters. The molecule has 1 aromatic rings. The fraction of sp³-hybridized carbons (Fsp3) is 0.800. The number of hydrogen-bond acceptors (Lipinski definition) is 4. The topological polar surface area (TPSA) is 67.2 Å². The van der Waals surface area contributed by atoms with Crippen molar-refractivity contribution in [1.29, 1.82) is 0 Å². The summed E-state index contributed by atoms with van der Waals surface area (Å²) in [6.07, 6.45) is 4.65. The van der Waals surface area contributed by atoms with Crippen LogP contribution in [0, 0.1) is 5.92 Å². The third-order valence-corrected chi connectivity index (χ3v) is 6.73. The van der Waals surface area contributed by atoms with Crippen molar-refractivity contribution >= 4 is 10.0 Å². The summed E-state index contributed by atoms with van der Waals surface area (Å²) in [6.45, 7) is 10.6. The van der Waals surface area contributed by atoms with E-state index in [9.17, 15) is 8.42 Å². The van der Waals surface area contributed by atoms with Crippen molar-refractivity contribution in [3.8, 4) is 0 Å². The van der Waals surface area contributed by atoms with E-state index in [1.54, 1.807) is 18.2 Å². The Hall–Kier alpha value is -0.920. The lowest BCUT2D eigenvalue weighted by molar-refractivity contribution is 0.217. The zero-order chi connectivity index (χ0) is 16.3. The van der Waals surface area contributed by atoms with Crippen LogP contribution in [0.5, 0.6) is 0 Å². The van der Waals surface area contributed by atoms with Crippen LogP contribution in [-0.2, 0) is 23.1 Å². The Balaban J connectivity index is 1.91. The third-order valence-electron chi connectivity index (χ3n) is 4.49. The van der Waals surface area contributed by atoms with Gasteiger partial charge < -0.3 is 9.88 Å². The third kappa shape index (κ3) is 3.70. The lowest BCUT2D eigenvalue weighted by Crippen LogP contribution is -2.51. The van der Waals surface area contributed by atoms with Crippen LogP contribution < -0.4 is 5.32 Å². The Kier molecular flexibility index (Phi) is 5.63. The van der Waals surface area contributed by atoms with Gasteiger partial charge in [-0.25, -0.2) is 17.7 Å². The first-order valence-electron chi connectivity index (χ1n) is 8.08. The number of aromatic nitrogens is 2. The largest absolute Gasteiger partial charge is 0.334 e. The second kappa shape index (κ2) is 7.10. The number of nitrogens with zero attached hydrogens (tertiary/aromatic N) is 3. The van der Waals surface area contributed by atoms with Gasteiger partial charge in [-0.15, -0.1) is 0 Å². The molecule has 126 valence electrons. The molecule has 2 rings (SSSR count). The van der Waals surface area contributed by atoms with Gasteiger partial charge in [0.25, 0.3) is 0 Å². The normalized spacial score (nSPS) is 24.0. The van der Waals surface area contributed by atoms with E-state index in [0.717, 1.165) is 25.3 Å². The van der Waals surface area contributed by atoms with E-state index in [4.69, 9.17) is 0 Å². The molecular weight excluding hydrogens is 300 g/mol. The maximum atomic E-state index is 12.3. The standard InChI is InChI=1S/C15H28N4O2S/c1-5-18-9-7-16-15(18)10-17-14-6-8-19(11-13(14)4)22(20,21)12(2)3/h7,9,12-14,17H,5-6,8,10-11H2,1-4H3/t13-,14-/m1/s1. The van der Waals surface area contributed by atoms with Crippen LogP contribution in [0.15, 0.2) is 12.4 Å². The van der Waals surface area contributed by atoms with Crippen molar-refractivity contribution in [3.63, 3.8) is 0 Å². The smallest absolute Gasteiger partial charge is 0.216 e. The molecule has 1 saturated heterocycles. The summed E-state index contributed by atoms with van der Waals surface area (Å²) in [6, 6.07) is 0.334. The highest BCUT2D eigenvalue weighted by Crippen LogP contribution is 2.21. The number of hydrogen-bond donors (Lipinski definition) is 1. The van der Waals surface area contributed by atoms with Gasteiger partial charge >= 0.3 is 0 Å². The summed E-state index contributed by atoms with van der Waals surface area (Å²) in [5, 5.41) is 3.20. The SMILES string of the molecule is CCn1ccnc1CN[C@@H]1CCN(S(=O)(=O)C(C)C)C[C@H]1C. The van der Waals surface area contributed by atoms with Crippen LogP contribution in [0.25, 0.3) is 0 Å². The molecule has 7 heteroatoms. The predicted molar refractivity (Wildman–Crippen MR) is 87.9 cm³/mol. The molecule has 1 aliphatic heterocycles. The summed E-state index contributed by atoms with van der Waals surface area (Å²) in [7, 11) is -3.14.